The smallest absolute Gasteiger partial charge is 0.138 e. The average Bonchev–Trinajstić information content (AvgIpc) is 3.32. The van der Waals surface area contributed by atoms with E-state index in [-0.39, 0.29) is 16.7 Å². The zero-order chi connectivity index (χ0) is 24.2. The molecule has 2 N–H and O–H groups in total. The lowest BCUT2D eigenvalue weighted by Crippen LogP contribution is -2.57. The number of ketones is 1. The van der Waals surface area contributed by atoms with Crippen LogP contribution in [-0.4, -0.2) is 28.2 Å². The Morgan fingerprint density at radius 3 is 2.21 bits per heavy atom. The van der Waals surface area contributed by atoms with Crippen molar-refractivity contribution < 1.29 is 15.0 Å². The zero-order valence-corrected chi connectivity index (χ0v) is 22.2. The number of aliphatic hydroxyl groups excluding tert-OH is 2. The van der Waals surface area contributed by atoms with E-state index in [2.05, 4.69) is 34.6 Å². The Morgan fingerprint density at radius 2 is 1.55 bits per heavy atom. The standard InChI is InChI=1S/C30H48O3/c1-18(2)16-21(31)25(33)19(3)20-10-12-28(7)23-9-8-22-26(4,5)24(32)11-13-29(22)17-30(23,29)15-14-27(20,28)6/h16,19-23,25,31,33H,8-15,17H2,1-7H3. The van der Waals surface area contributed by atoms with Gasteiger partial charge < -0.3 is 10.2 Å². The molecule has 0 amide bonds. The number of aliphatic hydroxyl groups is 2. The van der Waals surface area contributed by atoms with Gasteiger partial charge in [-0.25, -0.2) is 0 Å². The molecule has 0 aliphatic heterocycles. The molecular formula is C30H48O3. The number of carbonyl (C=O) groups is 1. The van der Waals surface area contributed by atoms with Gasteiger partial charge in [0.15, 0.2) is 0 Å². The molecule has 0 saturated heterocycles. The van der Waals surface area contributed by atoms with Crippen LogP contribution in [0.25, 0.3) is 0 Å². The van der Waals surface area contributed by atoms with E-state index in [4.69, 9.17) is 0 Å². The molecule has 5 aliphatic rings. The third-order valence-electron chi connectivity index (χ3n) is 12.9. The van der Waals surface area contributed by atoms with Crippen molar-refractivity contribution in [3.05, 3.63) is 11.6 Å². The fourth-order valence-electron chi connectivity index (χ4n) is 11.0. The van der Waals surface area contributed by atoms with E-state index in [0.717, 1.165) is 24.3 Å². The maximum Gasteiger partial charge on any atom is 0.138 e. The number of allylic oxidation sites excluding steroid dienone is 1. The predicted molar refractivity (Wildman–Crippen MR) is 132 cm³/mol. The molecule has 2 spiro atoms. The molecule has 5 saturated carbocycles. The van der Waals surface area contributed by atoms with E-state index >= 15 is 0 Å². The van der Waals surface area contributed by atoms with Gasteiger partial charge in [-0.2, -0.15) is 0 Å². The van der Waals surface area contributed by atoms with Crippen molar-refractivity contribution in [3.8, 4) is 0 Å². The van der Waals surface area contributed by atoms with E-state index in [1.165, 1.54) is 44.9 Å². The topological polar surface area (TPSA) is 57.5 Å². The van der Waals surface area contributed by atoms with Gasteiger partial charge in [0.05, 0.1) is 12.2 Å². The average molecular weight is 457 g/mol. The summed E-state index contributed by atoms with van der Waals surface area (Å²) in [4.78, 5) is 12.8. The highest BCUT2D eigenvalue weighted by Gasteiger charge is 2.82. The minimum absolute atomic E-state index is 0.0900. The molecule has 0 aromatic carbocycles. The van der Waals surface area contributed by atoms with Gasteiger partial charge in [-0.15, -0.1) is 0 Å². The van der Waals surface area contributed by atoms with Crippen molar-refractivity contribution in [2.24, 2.45) is 50.7 Å². The summed E-state index contributed by atoms with van der Waals surface area (Å²) in [7, 11) is 0. The lowest BCUT2D eigenvalue weighted by atomic mass is 9.42. The summed E-state index contributed by atoms with van der Waals surface area (Å²) in [6.45, 7) is 15.8. The molecule has 3 nitrogen and oxygen atoms in total. The highest BCUT2D eigenvalue weighted by molar-refractivity contribution is 5.86. The van der Waals surface area contributed by atoms with Gasteiger partial charge in [-0.3, -0.25) is 4.79 Å². The predicted octanol–water partition coefficient (Wildman–Crippen LogP) is 6.32. The van der Waals surface area contributed by atoms with E-state index in [1.807, 2.05) is 19.9 Å². The van der Waals surface area contributed by atoms with Gasteiger partial charge in [0.1, 0.15) is 5.78 Å². The first-order chi connectivity index (χ1) is 15.3. The normalized spacial score (nSPS) is 50.2. The lowest BCUT2D eigenvalue weighted by Gasteiger charge is -2.62. The van der Waals surface area contributed by atoms with Crippen LogP contribution in [0.5, 0.6) is 0 Å². The molecule has 3 heteroatoms. The van der Waals surface area contributed by atoms with Gasteiger partial charge in [-0.05, 0) is 111 Å². The maximum atomic E-state index is 12.8. The van der Waals surface area contributed by atoms with Crippen LogP contribution in [0.4, 0.5) is 0 Å². The summed E-state index contributed by atoms with van der Waals surface area (Å²) in [5.74, 6) is 2.37. The van der Waals surface area contributed by atoms with Gasteiger partial charge in [0.2, 0.25) is 0 Å². The molecule has 10 unspecified atom stereocenters. The van der Waals surface area contributed by atoms with E-state index in [0.29, 0.717) is 33.9 Å². The van der Waals surface area contributed by atoms with Crippen LogP contribution in [0.1, 0.15) is 106 Å². The molecule has 186 valence electrons. The minimum Gasteiger partial charge on any atom is -0.390 e. The second kappa shape index (κ2) is 7.19. The summed E-state index contributed by atoms with van der Waals surface area (Å²) in [5, 5.41) is 21.7. The first-order valence-electron chi connectivity index (χ1n) is 13.8. The van der Waals surface area contributed by atoms with Crippen molar-refractivity contribution >= 4 is 5.78 Å². The molecule has 5 aliphatic carbocycles. The van der Waals surface area contributed by atoms with Gasteiger partial charge in [-0.1, -0.05) is 46.3 Å². The monoisotopic (exact) mass is 456 g/mol. The van der Waals surface area contributed by atoms with Crippen molar-refractivity contribution in [2.45, 2.75) is 118 Å². The number of hydrogen-bond acceptors (Lipinski definition) is 3. The van der Waals surface area contributed by atoms with Crippen LogP contribution in [0.3, 0.4) is 0 Å². The Bertz CT molecular complexity index is 870. The summed E-state index contributed by atoms with van der Waals surface area (Å²) < 4.78 is 0. The number of Topliss-reactive ketones (excluding diaryl/α,β-unsaturated/α-hetero) is 1. The summed E-state index contributed by atoms with van der Waals surface area (Å²) in [6.07, 6.45) is 11.1. The van der Waals surface area contributed by atoms with Crippen molar-refractivity contribution in [1.82, 2.24) is 0 Å². The van der Waals surface area contributed by atoms with Crippen LogP contribution in [0.2, 0.25) is 0 Å². The molecule has 5 fully saturated rings. The van der Waals surface area contributed by atoms with E-state index < -0.39 is 12.2 Å². The molecule has 5 rings (SSSR count). The Hall–Kier alpha value is -0.670. The maximum absolute atomic E-state index is 12.8. The number of hydrogen-bond donors (Lipinski definition) is 2. The quantitative estimate of drug-likeness (QED) is 0.487. The fraction of sp³-hybridized carbons (Fsp3) is 0.900. The Labute approximate surface area is 201 Å². The molecular weight excluding hydrogens is 408 g/mol. The minimum atomic E-state index is -0.778. The van der Waals surface area contributed by atoms with Crippen LogP contribution in [0.15, 0.2) is 11.6 Å². The Kier molecular flexibility index (Phi) is 5.24. The van der Waals surface area contributed by atoms with Crippen molar-refractivity contribution in [1.29, 1.82) is 0 Å². The summed E-state index contributed by atoms with van der Waals surface area (Å²) in [6, 6.07) is 0. The summed E-state index contributed by atoms with van der Waals surface area (Å²) >= 11 is 0. The van der Waals surface area contributed by atoms with Gasteiger partial charge in [0, 0.05) is 11.8 Å². The Balaban J connectivity index is 1.43. The van der Waals surface area contributed by atoms with Crippen LogP contribution in [-0.2, 0) is 4.79 Å². The number of carbonyl (C=O) groups excluding carboxylic acids is 1. The van der Waals surface area contributed by atoms with Gasteiger partial charge in [0.25, 0.3) is 0 Å². The molecule has 0 bridgehead atoms. The first kappa shape index (κ1) is 24.0. The zero-order valence-electron chi connectivity index (χ0n) is 22.2. The van der Waals surface area contributed by atoms with E-state index in [1.54, 1.807) is 0 Å². The van der Waals surface area contributed by atoms with Crippen LogP contribution < -0.4 is 0 Å². The van der Waals surface area contributed by atoms with Crippen molar-refractivity contribution in [2.75, 3.05) is 0 Å². The Morgan fingerprint density at radius 1 is 0.909 bits per heavy atom. The molecule has 0 heterocycles. The van der Waals surface area contributed by atoms with Crippen LogP contribution in [0, 0.1) is 50.7 Å². The molecule has 10 atom stereocenters. The fourth-order valence-corrected chi connectivity index (χ4v) is 11.0. The molecule has 0 aromatic rings. The highest BCUT2D eigenvalue weighted by atomic mass is 16.3. The second-order valence-corrected chi connectivity index (χ2v) is 14.4. The molecule has 33 heavy (non-hydrogen) atoms. The van der Waals surface area contributed by atoms with E-state index in [9.17, 15) is 15.0 Å². The lowest BCUT2D eigenvalue weighted by molar-refractivity contribution is -0.159. The largest absolute Gasteiger partial charge is 0.390 e. The molecule has 0 aromatic heterocycles. The third-order valence-corrected chi connectivity index (χ3v) is 12.9. The van der Waals surface area contributed by atoms with Crippen LogP contribution >= 0.6 is 0 Å². The summed E-state index contributed by atoms with van der Waals surface area (Å²) in [5.41, 5.74) is 2.30. The molecule has 0 radical (unpaired) electrons. The van der Waals surface area contributed by atoms with Gasteiger partial charge >= 0.3 is 0 Å². The SMILES string of the molecule is CC(C)=CC(O)C(O)C(C)C1CCC2(C)C3CCC4C(C)(C)C(=O)CCC45CC35CCC12C. The number of fused-ring (bicyclic) bond motifs is 2. The highest BCUT2D eigenvalue weighted by Crippen LogP contribution is 2.88. The second-order valence-electron chi connectivity index (χ2n) is 14.4. The van der Waals surface area contributed by atoms with Crippen molar-refractivity contribution in [3.63, 3.8) is 0 Å². The number of rotatable bonds is 4. The third kappa shape index (κ3) is 2.85. The first-order valence-corrected chi connectivity index (χ1v) is 13.8.